The number of amides is 2. The number of aliphatic hydroxyl groups excluding tert-OH is 1. The average Bonchev–Trinajstić information content (AvgIpc) is 3.24. The van der Waals surface area contributed by atoms with Gasteiger partial charge in [-0.05, 0) is 18.9 Å². The number of nitrogens with one attached hydrogen (secondary N) is 1. The number of aliphatic hydroxyl groups is 1. The van der Waals surface area contributed by atoms with Crippen LogP contribution in [0.3, 0.4) is 0 Å². The third kappa shape index (κ3) is 2.53. The number of hydrogen-bond donors (Lipinski definition) is 3. The molecule has 0 saturated carbocycles. The minimum Gasteiger partial charge on any atom is -0.396 e. The summed E-state index contributed by atoms with van der Waals surface area (Å²) in [5.41, 5.74) is 6.92. The van der Waals surface area contributed by atoms with Gasteiger partial charge in [-0.3, -0.25) is 9.59 Å². The normalized spacial score (nSPS) is 24.5. The number of nitrogens with zero attached hydrogens (tertiary/aromatic N) is 3. The van der Waals surface area contributed by atoms with Gasteiger partial charge < -0.3 is 25.6 Å². The Bertz CT molecular complexity index is 1170. The molecule has 2 saturated heterocycles. The standard InChI is InChI=1S/C22H25N5O3/c1-26-10-13(11-28)22(21(26)30)7-4-8-27(12-22)20-17-14-5-2-3-6-16(14)25-18(17)15(9-24-20)19(23)29/h2-3,5-6,9,13,25,28H,4,7-8,10-12H2,1H3,(H2,23,29). The highest BCUT2D eigenvalue weighted by molar-refractivity contribution is 6.18. The highest BCUT2D eigenvalue weighted by Crippen LogP contribution is 2.45. The van der Waals surface area contributed by atoms with Gasteiger partial charge in [-0.15, -0.1) is 0 Å². The van der Waals surface area contributed by atoms with Crippen molar-refractivity contribution in [3.8, 4) is 0 Å². The molecule has 2 aliphatic heterocycles. The number of carbonyl (C=O) groups excluding carboxylic acids is 2. The molecule has 8 heteroatoms. The van der Waals surface area contributed by atoms with Gasteiger partial charge in [-0.2, -0.15) is 0 Å². The molecule has 1 aromatic carbocycles. The van der Waals surface area contributed by atoms with Gasteiger partial charge in [0.05, 0.1) is 21.9 Å². The number of para-hydroxylation sites is 1. The maximum Gasteiger partial charge on any atom is 0.252 e. The van der Waals surface area contributed by atoms with Crippen LogP contribution in [0, 0.1) is 11.3 Å². The first-order valence-electron chi connectivity index (χ1n) is 10.3. The molecule has 156 valence electrons. The molecule has 3 aromatic rings. The SMILES string of the molecule is CN1CC(CO)C2(CCCN(c3ncc(C(N)=O)c4[nH]c5ccccc5c34)C2)C1=O. The van der Waals surface area contributed by atoms with Gasteiger partial charge in [0.25, 0.3) is 5.91 Å². The maximum absolute atomic E-state index is 13.1. The summed E-state index contributed by atoms with van der Waals surface area (Å²) in [4.78, 5) is 36.9. The lowest BCUT2D eigenvalue weighted by Gasteiger charge is -2.42. The van der Waals surface area contributed by atoms with Crippen LogP contribution in [0.5, 0.6) is 0 Å². The second-order valence-corrected chi connectivity index (χ2v) is 8.53. The van der Waals surface area contributed by atoms with E-state index in [1.165, 1.54) is 6.20 Å². The zero-order valence-electron chi connectivity index (χ0n) is 16.9. The number of piperidine rings is 1. The number of aromatic amines is 1. The Kier molecular flexibility index (Phi) is 4.21. The van der Waals surface area contributed by atoms with Crippen LogP contribution in [0.15, 0.2) is 30.5 Å². The van der Waals surface area contributed by atoms with E-state index in [0.29, 0.717) is 24.2 Å². The Morgan fingerprint density at radius 1 is 1.40 bits per heavy atom. The Morgan fingerprint density at radius 3 is 2.97 bits per heavy atom. The van der Waals surface area contributed by atoms with Crippen LogP contribution in [0.1, 0.15) is 23.2 Å². The quantitative estimate of drug-likeness (QED) is 0.608. The highest BCUT2D eigenvalue weighted by atomic mass is 16.3. The van der Waals surface area contributed by atoms with E-state index < -0.39 is 11.3 Å². The molecule has 4 N–H and O–H groups in total. The number of H-pyrrole nitrogens is 1. The van der Waals surface area contributed by atoms with Crippen molar-refractivity contribution in [2.75, 3.05) is 38.2 Å². The predicted molar refractivity (Wildman–Crippen MR) is 114 cm³/mol. The molecule has 2 unspecified atom stereocenters. The number of aromatic nitrogens is 2. The molecule has 0 radical (unpaired) electrons. The van der Waals surface area contributed by atoms with Crippen LogP contribution in [0.4, 0.5) is 5.82 Å². The third-order valence-corrected chi connectivity index (χ3v) is 6.87. The van der Waals surface area contributed by atoms with Crippen LogP contribution in [0.25, 0.3) is 21.8 Å². The number of benzene rings is 1. The first-order valence-corrected chi connectivity index (χ1v) is 10.3. The molecular formula is C22H25N5O3. The van der Waals surface area contributed by atoms with E-state index in [1.807, 2.05) is 24.3 Å². The van der Waals surface area contributed by atoms with Gasteiger partial charge in [0.2, 0.25) is 5.91 Å². The summed E-state index contributed by atoms with van der Waals surface area (Å²) in [6, 6.07) is 7.84. The van der Waals surface area contributed by atoms with Crippen molar-refractivity contribution in [1.82, 2.24) is 14.9 Å². The van der Waals surface area contributed by atoms with Gasteiger partial charge >= 0.3 is 0 Å². The fourth-order valence-electron chi connectivity index (χ4n) is 5.41. The zero-order chi connectivity index (χ0) is 21.0. The van der Waals surface area contributed by atoms with Gasteiger partial charge in [0, 0.05) is 56.3 Å². The van der Waals surface area contributed by atoms with Crippen LogP contribution >= 0.6 is 0 Å². The van der Waals surface area contributed by atoms with Crippen molar-refractivity contribution in [2.45, 2.75) is 12.8 Å². The van der Waals surface area contributed by atoms with E-state index in [2.05, 4.69) is 14.9 Å². The zero-order valence-corrected chi connectivity index (χ0v) is 16.9. The van der Waals surface area contributed by atoms with Crippen LogP contribution < -0.4 is 10.6 Å². The molecular weight excluding hydrogens is 382 g/mol. The fourth-order valence-corrected chi connectivity index (χ4v) is 5.41. The molecule has 30 heavy (non-hydrogen) atoms. The van der Waals surface area contributed by atoms with Gasteiger partial charge in [-0.25, -0.2) is 4.98 Å². The molecule has 8 nitrogen and oxygen atoms in total. The summed E-state index contributed by atoms with van der Waals surface area (Å²) < 4.78 is 0. The maximum atomic E-state index is 13.1. The lowest BCUT2D eigenvalue weighted by atomic mass is 9.71. The fraction of sp³-hybridized carbons (Fsp3) is 0.409. The number of carbonyl (C=O) groups is 2. The van der Waals surface area contributed by atoms with Crippen LogP contribution in [0.2, 0.25) is 0 Å². The number of fused-ring (bicyclic) bond motifs is 3. The molecule has 5 rings (SSSR count). The summed E-state index contributed by atoms with van der Waals surface area (Å²) >= 11 is 0. The lowest BCUT2D eigenvalue weighted by molar-refractivity contribution is -0.136. The number of anilines is 1. The van der Waals surface area contributed by atoms with E-state index in [9.17, 15) is 14.7 Å². The number of rotatable bonds is 3. The number of hydrogen-bond acceptors (Lipinski definition) is 5. The topological polar surface area (TPSA) is 116 Å². The van der Waals surface area contributed by atoms with Gasteiger partial charge in [0.1, 0.15) is 5.82 Å². The van der Waals surface area contributed by atoms with Gasteiger partial charge in [0.15, 0.2) is 0 Å². The van der Waals surface area contributed by atoms with Crippen LogP contribution in [-0.4, -0.2) is 65.1 Å². The van der Waals surface area contributed by atoms with E-state index in [-0.39, 0.29) is 18.4 Å². The van der Waals surface area contributed by atoms with E-state index in [1.54, 1.807) is 11.9 Å². The number of nitrogens with two attached hydrogens (primary N) is 1. The van der Waals surface area contributed by atoms with Crippen molar-refractivity contribution < 1.29 is 14.7 Å². The average molecular weight is 407 g/mol. The molecule has 2 amide bonds. The van der Waals surface area contributed by atoms with Crippen LogP contribution in [-0.2, 0) is 4.79 Å². The molecule has 2 aromatic heterocycles. The summed E-state index contributed by atoms with van der Waals surface area (Å²) in [6.45, 7) is 1.81. The Morgan fingerprint density at radius 2 is 2.20 bits per heavy atom. The Balaban J connectivity index is 1.67. The van der Waals surface area contributed by atoms with Crippen molar-refractivity contribution in [1.29, 1.82) is 0 Å². The van der Waals surface area contributed by atoms with E-state index in [4.69, 9.17) is 5.73 Å². The summed E-state index contributed by atoms with van der Waals surface area (Å²) in [5, 5.41) is 11.8. The van der Waals surface area contributed by atoms with E-state index >= 15 is 0 Å². The smallest absolute Gasteiger partial charge is 0.252 e. The second kappa shape index (κ2) is 6.70. The van der Waals surface area contributed by atoms with E-state index in [0.717, 1.165) is 41.5 Å². The largest absolute Gasteiger partial charge is 0.396 e. The summed E-state index contributed by atoms with van der Waals surface area (Å²) in [7, 11) is 1.80. The molecule has 2 atom stereocenters. The minimum absolute atomic E-state index is 0.0134. The molecule has 0 bridgehead atoms. The van der Waals surface area contributed by atoms with Crippen molar-refractivity contribution in [3.05, 3.63) is 36.0 Å². The van der Waals surface area contributed by atoms with Crippen molar-refractivity contribution in [2.24, 2.45) is 17.1 Å². The monoisotopic (exact) mass is 407 g/mol. The first-order chi connectivity index (χ1) is 14.5. The number of primary amides is 1. The predicted octanol–water partition coefficient (Wildman–Crippen LogP) is 1.48. The second-order valence-electron chi connectivity index (χ2n) is 8.53. The first kappa shape index (κ1) is 18.9. The lowest BCUT2D eigenvalue weighted by Crippen LogP contribution is -2.51. The summed E-state index contributed by atoms with van der Waals surface area (Å²) in [5.74, 6) is 0.204. The molecule has 1 spiro atoms. The molecule has 2 aliphatic rings. The minimum atomic E-state index is -0.607. The van der Waals surface area contributed by atoms with Gasteiger partial charge in [-0.1, -0.05) is 18.2 Å². The summed E-state index contributed by atoms with van der Waals surface area (Å²) in [6.07, 6.45) is 3.11. The number of pyridine rings is 1. The number of likely N-dealkylation sites (tertiary alicyclic amines) is 1. The van der Waals surface area contributed by atoms with Crippen molar-refractivity contribution in [3.63, 3.8) is 0 Å². The van der Waals surface area contributed by atoms with Crippen molar-refractivity contribution >= 4 is 39.4 Å². The molecule has 2 fully saturated rings. The molecule has 0 aliphatic carbocycles. The third-order valence-electron chi connectivity index (χ3n) is 6.87. The Labute approximate surface area is 173 Å². The molecule has 4 heterocycles. The Hall–Kier alpha value is -3.13. The highest BCUT2D eigenvalue weighted by Gasteiger charge is 2.54.